The number of amides is 1. The van der Waals surface area contributed by atoms with Crippen LogP contribution < -0.4 is 11.1 Å². The van der Waals surface area contributed by atoms with Crippen molar-refractivity contribution in [3.8, 4) is 0 Å². The summed E-state index contributed by atoms with van der Waals surface area (Å²) in [5, 5.41) is 12.4. The second kappa shape index (κ2) is 7.63. The molecule has 0 rings (SSSR count). The van der Waals surface area contributed by atoms with Gasteiger partial charge in [-0.2, -0.15) is 0 Å². The van der Waals surface area contributed by atoms with E-state index >= 15 is 0 Å². The molecule has 2 unspecified atom stereocenters. The minimum absolute atomic E-state index is 0.0224. The van der Waals surface area contributed by atoms with Gasteiger partial charge in [-0.25, -0.2) is 0 Å². The first kappa shape index (κ1) is 15.4. The Morgan fingerprint density at radius 1 is 1.25 bits per heavy atom. The van der Waals surface area contributed by atoms with Gasteiger partial charge in [0.1, 0.15) is 0 Å². The van der Waals surface area contributed by atoms with Crippen LogP contribution in [-0.4, -0.2) is 29.7 Å². The summed E-state index contributed by atoms with van der Waals surface area (Å²) in [6, 6.07) is -0.264. The number of nitrogens with two attached hydrogens (primary N) is 1. The van der Waals surface area contributed by atoms with Crippen molar-refractivity contribution >= 4 is 5.91 Å². The van der Waals surface area contributed by atoms with Crippen molar-refractivity contribution in [3.63, 3.8) is 0 Å². The molecular formula is C12H26N2O2. The molecule has 0 fully saturated rings. The molecule has 0 spiro atoms. The molecule has 4 heteroatoms. The highest BCUT2D eigenvalue weighted by Gasteiger charge is 2.16. The Balaban J connectivity index is 3.79. The van der Waals surface area contributed by atoms with Gasteiger partial charge in [0.2, 0.25) is 5.91 Å². The van der Waals surface area contributed by atoms with Crippen molar-refractivity contribution in [2.24, 2.45) is 17.6 Å². The predicted molar refractivity (Wildman–Crippen MR) is 65.9 cm³/mol. The monoisotopic (exact) mass is 230 g/mol. The number of hydrogen-bond donors (Lipinski definition) is 3. The maximum absolute atomic E-state index is 11.3. The number of carbonyl (C=O) groups is 1. The van der Waals surface area contributed by atoms with Crippen molar-refractivity contribution in [1.82, 2.24) is 5.32 Å². The van der Waals surface area contributed by atoms with Gasteiger partial charge in [0, 0.05) is 19.0 Å². The molecular weight excluding hydrogens is 204 g/mol. The average molecular weight is 230 g/mol. The summed E-state index contributed by atoms with van der Waals surface area (Å²) in [7, 11) is 0. The van der Waals surface area contributed by atoms with Gasteiger partial charge < -0.3 is 16.2 Å². The molecule has 16 heavy (non-hydrogen) atoms. The molecule has 96 valence electrons. The third-order valence-electron chi connectivity index (χ3n) is 2.34. The lowest BCUT2D eigenvalue weighted by Crippen LogP contribution is -2.44. The molecule has 0 heterocycles. The van der Waals surface area contributed by atoms with Crippen LogP contribution in [0.4, 0.5) is 0 Å². The molecule has 0 bridgehead atoms. The normalized spacial score (nSPS) is 15.2. The minimum atomic E-state index is -0.654. The first-order valence-electron chi connectivity index (χ1n) is 6.03. The predicted octanol–water partition coefficient (Wildman–Crippen LogP) is 0.883. The minimum Gasteiger partial charge on any atom is -0.390 e. The highest BCUT2D eigenvalue weighted by atomic mass is 16.3. The van der Waals surface area contributed by atoms with E-state index in [0.29, 0.717) is 18.3 Å². The molecule has 0 aliphatic rings. The van der Waals surface area contributed by atoms with E-state index in [0.717, 1.165) is 6.42 Å². The highest BCUT2D eigenvalue weighted by molar-refractivity contribution is 5.76. The SMILES string of the molecule is CC(C)CC(=O)NCC(O)C(N)CC(C)C. The van der Waals surface area contributed by atoms with E-state index in [1.54, 1.807) is 0 Å². The van der Waals surface area contributed by atoms with Crippen molar-refractivity contribution < 1.29 is 9.90 Å². The average Bonchev–Trinajstić information content (AvgIpc) is 2.11. The first-order chi connectivity index (χ1) is 7.32. The third-order valence-corrected chi connectivity index (χ3v) is 2.34. The van der Waals surface area contributed by atoms with Gasteiger partial charge in [0.15, 0.2) is 0 Å². The maximum atomic E-state index is 11.3. The van der Waals surface area contributed by atoms with Gasteiger partial charge in [0.05, 0.1) is 6.10 Å². The molecule has 0 aromatic heterocycles. The van der Waals surface area contributed by atoms with Crippen molar-refractivity contribution in [1.29, 1.82) is 0 Å². The molecule has 0 aliphatic carbocycles. The zero-order valence-electron chi connectivity index (χ0n) is 10.9. The van der Waals surface area contributed by atoms with Crippen LogP contribution in [0, 0.1) is 11.8 Å². The Labute approximate surface area is 98.6 Å². The van der Waals surface area contributed by atoms with Gasteiger partial charge >= 0.3 is 0 Å². The molecule has 0 radical (unpaired) electrons. The van der Waals surface area contributed by atoms with Crippen LogP contribution in [0.2, 0.25) is 0 Å². The van der Waals surface area contributed by atoms with Crippen LogP contribution in [0.15, 0.2) is 0 Å². The van der Waals surface area contributed by atoms with Gasteiger partial charge in [-0.1, -0.05) is 27.7 Å². The summed E-state index contributed by atoms with van der Waals surface area (Å²) < 4.78 is 0. The number of hydrogen-bond acceptors (Lipinski definition) is 3. The molecule has 0 saturated carbocycles. The molecule has 0 saturated heterocycles. The van der Waals surface area contributed by atoms with Gasteiger partial charge in [-0.3, -0.25) is 4.79 Å². The van der Waals surface area contributed by atoms with Crippen molar-refractivity contribution in [2.45, 2.75) is 52.7 Å². The van der Waals surface area contributed by atoms with E-state index in [4.69, 9.17) is 5.73 Å². The van der Waals surface area contributed by atoms with Crippen LogP contribution in [-0.2, 0) is 4.79 Å². The fourth-order valence-electron chi connectivity index (χ4n) is 1.51. The molecule has 4 nitrogen and oxygen atoms in total. The summed E-state index contributed by atoms with van der Waals surface area (Å²) >= 11 is 0. The zero-order chi connectivity index (χ0) is 12.7. The molecule has 2 atom stereocenters. The Kier molecular flexibility index (Phi) is 7.34. The molecule has 0 aliphatic heterocycles. The lowest BCUT2D eigenvalue weighted by Gasteiger charge is -2.21. The van der Waals surface area contributed by atoms with E-state index in [2.05, 4.69) is 19.2 Å². The second-order valence-corrected chi connectivity index (χ2v) is 5.26. The lowest BCUT2D eigenvalue weighted by molar-refractivity contribution is -0.122. The van der Waals surface area contributed by atoms with E-state index in [9.17, 15) is 9.90 Å². The van der Waals surface area contributed by atoms with Crippen molar-refractivity contribution in [2.75, 3.05) is 6.54 Å². The Morgan fingerprint density at radius 2 is 1.81 bits per heavy atom. The number of nitrogens with one attached hydrogen (secondary N) is 1. The summed E-state index contributed by atoms with van der Waals surface area (Å²) in [6.07, 6.45) is 0.603. The molecule has 4 N–H and O–H groups in total. The van der Waals surface area contributed by atoms with E-state index < -0.39 is 6.10 Å². The standard InChI is InChI=1S/C12H26N2O2/c1-8(2)5-10(13)11(15)7-14-12(16)6-9(3)4/h8-11,15H,5-7,13H2,1-4H3,(H,14,16). The first-order valence-corrected chi connectivity index (χ1v) is 6.03. The lowest BCUT2D eigenvalue weighted by atomic mass is 10.00. The third kappa shape index (κ3) is 7.65. The maximum Gasteiger partial charge on any atom is 0.220 e. The van der Waals surface area contributed by atoms with E-state index in [1.807, 2.05) is 13.8 Å². The quantitative estimate of drug-likeness (QED) is 0.608. The number of aliphatic hydroxyl groups is 1. The van der Waals surface area contributed by atoms with Crippen LogP contribution in [0.25, 0.3) is 0 Å². The molecule has 0 aromatic rings. The Morgan fingerprint density at radius 3 is 2.25 bits per heavy atom. The fourth-order valence-corrected chi connectivity index (χ4v) is 1.51. The van der Waals surface area contributed by atoms with Gasteiger partial charge in [-0.05, 0) is 18.3 Å². The summed E-state index contributed by atoms with van der Waals surface area (Å²) in [6.45, 7) is 8.34. The van der Waals surface area contributed by atoms with Gasteiger partial charge in [-0.15, -0.1) is 0 Å². The second-order valence-electron chi connectivity index (χ2n) is 5.26. The number of aliphatic hydroxyl groups excluding tert-OH is 1. The zero-order valence-corrected chi connectivity index (χ0v) is 10.9. The highest BCUT2D eigenvalue weighted by Crippen LogP contribution is 2.06. The number of carbonyl (C=O) groups excluding carboxylic acids is 1. The van der Waals surface area contributed by atoms with Gasteiger partial charge in [0.25, 0.3) is 0 Å². The smallest absolute Gasteiger partial charge is 0.220 e. The van der Waals surface area contributed by atoms with E-state index in [1.165, 1.54) is 0 Å². The largest absolute Gasteiger partial charge is 0.390 e. The van der Waals surface area contributed by atoms with Crippen LogP contribution >= 0.6 is 0 Å². The van der Waals surface area contributed by atoms with Crippen molar-refractivity contribution in [3.05, 3.63) is 0 Å². The fraction of sp³-hybridized carbons (Fsp3) is 0.917. The van der Waals surface area contributed by atoms with Crippen LogP contribution in [0.3, 0.4) is 0 Å². The Hall–Kier alpha value is -0.610. The van der Waals surface area contributed by atoms with Crippen LogP contribution in [0.5, 0.6) is 0 Å². The summed E-state index contributed by atoms with van der Waals surface area (Å²) in [4.78, 5) is 11.3. The summed E-state index contributed by atoms with van der Waals surface area (Å²) in [5.74, 6) is 0.767. The molecule has 1 amide bonds. The topological polar surface area (TPSA) is 75.3 Å². The molecule has 0 aromatic carbocycles. The summed E-state index contributed by atoms with van der Waals surface area (Å²) in [5.41, 5.74) is 5.80. The van der Waals surface area contributed by atoms with Crippen LogP contribution in [0.1, 0.15) is 40.5 Å². The van der Waals surface area contributed by atoms with E-state index in [-0.39, 0.29) is 18.5 Å². The Bertz CT molecular complexity index is 205. The number of rotatable bonds is 7.